The van der Waals surface area contributed by atoms with E-state index in [0.29, 0.717) is 11.1 Å². The first-order valence-electron chi connectivity index (χ1n) is 5.69. The van der Waals surface area contributed by atoms with Crippen LogP contribution >= 0.6 is 0 Å². The largest absolute Gasteiger partial charge is 0.449 e. The van der Waals surface area contributed by atoms with Crippen molar-refractivity contribution in [1.82, 2.24) is 4.98 Å². The number of anilines is 1. The van der Waals surface area contributed by atoms with Gasteiger partial charge in [0.2, 0.25) is 0 Å². The monoisotopic (exact) mass is 231 g/mol. The molecule has 5 nitrogen and oxygen atoms in total. The molecule has 0 spiro atoms. The van der Waals surface area contributed by atoms with Gasteiger partial charge in [-0.25, -0.2) is 4.98 Å². The summed E-state index contributed by atoms with van der Waals surface area (Å²) >= 11 is 0. The van der Waals surface area contributed by atoms with Gasteiger partial charge in [-0.05, 0) is 25.0 Å². The normalized spacial score (nSPS) is 15.6. The molecule has 88 valence electrons. The van der Waals surface area contributed by atoms with Gasteiger partial charge in [0.15, 0.2) is 11.3 Å². The Hall–Kier alpha value is -2.04. The Morgan fingerprint density at radius 2 is 2.12 bits per heavy atom. The third-order valence-corrected chi connectivity index (χ3v) is 3.03. The second kappa shape index (κ2) is 3.76. The van der Waals surface area contributed by atoms with Crippen molar-refractivity contribution in [1.29, 1.82) is 0 Å². The zero-order chi connectivity index (χ0) is 11.8. The van der Waals surface area contributed by atoms with Crippen molar-refractivity contribution < 1.29 is 9.21 Å². The number of aromatic nitrogens is 1. The molecule has 5 heteroatoms. The molecule has 0 bridgehead atoms. The molecule has 0 saturated carbocycles. The zero-order valence-electron chi connectivity index (χ0n) is 9.35. The lowest BCUT2D eigenvalue weighted by atomic mass is 10.3. The van der Waals surface area contributed by atoms with Crippen molar-refractivity contribution in [2.75, 3.05) is 18.0 Å². The number of carbonyl (C=O) groups is 1. The summed E-state index contributed by atoms with van der Waals surface area (Å²) in [6.45, 7) is 2.08. The second-order valence-electron chi connectivity index (χ2n) is 4.22. The SMILES string of the molecule is NC(=O)c1cc2nc(N3CCCC3)ccc2o1. The number of pyridine rings is 1. The molecule has 2 aromatic heterocycles. The molecule has 1 aliphatic heterocycles. The van der Waals surface area contributed by atoms with E-state index in [9.17, 15) is 4.79 Å². The lowest BCUT2D eigenvalue weighted by Crippen LogP contribution is -2.18. The molecule has 0 aromatic carbocycles. The number of fused-ring (bicyclic) bond motifs is 1. The summed E-state index contributed by atoms with van der Waals surface area (Å²) in [4.78, 5) is 17.7. The van der Waals surface area contributed by atoms with Crippen LogP contribution in [0.5, 0.6) is 0 Å². The van der Waals surface area contributed by atoms with Crippen LogP contribution in [-0.2, 0) is 0 Å². The topological polar surface area (TPSA) is 72.4 Å². The first kappa shape index (κ1) is 10.1. The highest BCUT2D eigenvalue weighted by Crippen LogP contribution is 2.23. The van der Waals surface area contributed by atoms with Crippen molar-refractivity contribution in [2.24, 2.45) is 5.73 Å². The number of furan rings is 1. The molecule has 1 fully saturated rings. The van der Waals surface area contributed by atoms with E-state index in [2.05, 4.69) is 9.88 Å². The fourth-order valence-corrected chi connectivity index (χ4v) is 2.16. The number of carbonyl (C=O) groups excluding carboxylic acids is 1. The summed E-state index contributed by atoms with van der Waals surface area (Å²) in [5.41, 5.74) is 6.45. The number of hydrogen-bond acceptors (Lipinski definition) is 4. The van der Waals surface area contributed by atoms with Crippen molar-refractivity contribution in [3.8, 4) is 0 Å². The van der Waals surface area contributed by atoms with E-state index in [4.69, 9.17) is 10.2 Å². The number of rotatable bonds is 2. The quantitative estimate of drug-likeness (QED) is 0.850. The number of hydrogen-bond donors (Lipinski definition) is 1. The Balaban J connectivity index is 2.02. The van der Waals surface area contributed by atoms with Crippen LogP contribution in [0.2, 0.25) is 0 Å². The molecule has 0 radical (unpaired) electrons. The Bertz CT molecular complexity index is 570. The van der Waals surface area contributed by atoms with Gasteiger partial charge in [-0.2, -0.15) is 0 Å². The van der Waals surface area contributed by atoms with E-state index in [0.717, 1.165) is 18.9 Å². The van der Waals surface area contributed by atoms with Gasteiger partial charge in [0, 0.05) is 19.2 Å². The van der Waals surface area contributed by atoms with Crippen molar-refractivity contribution >= 4 is 22.8 Å². The third kappa shape index (κ3) is 1.73. The Kier molecular flexibility index (Phi) is 2.24. The van der Waals surface area contributed by atoms with E-state index in [1.807, 2.05) is 12.1 Å². The molecule has 0 atom stereocenters. The van der Waals surface area contributed by atoms with Gasteiger partial charge < -0.3 is 15.1 Å². The predicted octanol–water partition coefficient (Wildman–Crippen LogP) is 1.53. The molecule has 3 rings (SSSR count). The molecule has 1 saturated heterocycles. The molecule has 1 amide bonds. The maximum atomic E-state index is 11.0. The molecular weight excluding hydrogens is 218 g/mol. The van der Waals surface area contributed by atoms with E-state index >= 15 is 0 Å². The van der Waals surface area contributed by atoms with Gasteiger partial charge in [0.25, 0.3) is 5.91 Å². The fraction of sp³-hybridized carbons (Fsp3) is 0.333. The van der Waals surface area contributed by atoms with E-state index in [-0.39, 0.29) is 5.76 Å². The lowest BCUT2D eigenvalue weighted by Gasteiger charge is -2.15. The Labute approximate surface area is 98.2 Å². The summed E-state index contributed by atoms with van der Waals surface area (Å²) < 4.78 is 5.29. The Morgan fingerprint density at radius 1 is 1.35 bits per heavy atom. The van der Waals surface area contributed by atoms with Crippen LogP contribution in [0.3, 0.4) is 0 Å². The summed E-state index contributed by atoms with van der Waals surface area (Å²) in [5, 5.41) is 0. The zero-order valence-corrected chi connectivity index (χ0v) is 9.35. The average molecular weight is 231 g/mol. The summed E-state index contributed by atoms with van der Waals surface area (Å²) in [7, 11) is 0. The van der Waals surface area contributed by atoms with Crippen LogP contribution in [0.25, 0.3) is 11.1 Å². The second-order valence-corrected chi connectivity index (χ2v) is 4.22. The van der Waals surface area contributed by atoms with Gasteiger partial charge >= 0.3 is 0 Å². The third-order valence-electron chi connectivity index (χ3n) is 3.03. The molecule has 1 aliphatic rings. The average Bonchev–Trinajstić information content (AvgIpc) is 2.97. The van der Waals surface area contributed by atoms with Crippen LogP contribution < -0.4 is 10.6 Å². The van der Waals surface area contributed by atoms with Crippen molar-refractivity contribution in [2.45, 2.75) is 12.8 Å². The molecule has 0 aliphatic carbocycles. The molecular formula is C12H13N3O2. The van der Waals surface area contributed by atoms with Crippen LogP contribution in [0, 0.1) is 0 Å². The minimum Gasteiger partial charge on any atom is -0.449 e. The van der Waals surface area contributed by atoms with Crippen LogP contribution in [0.4, 0.5) is 5.82 Å². The van der Waals surface area contributed by atoms with Gasteiger partial charge in [-0.1, -0.05) is 0 Å². The molecule has 3 heterocycles. The molecule has 17 heavy (non-hydrogen) atoms. The van der Waals surface area contributed by atoms with Gasteiger partial charge in [0.1, 0.15) is 11.3 Å². The van der Waals surface area contributed by atoms with Crippen molar-refractivity contribution in [3.63, 3.8) is 0 Å². The van der Waals surface area contributed by atoms with E-state index in [1.54, 1.807) is 6.07 Å². The maximum Gasteiger partial charge on any atom is 0.284 e. The molecule has 2 aromatic rings. The van der Waals surface area contributed by atoms with Crippen LogP contribution in [0.1, 0.15) is 23.4 Å². The van der Waals surface area contributed by atoms with E-state index < -0.39 is 5.91 Å². The number of amides is 1. The molecule has 2 N–H and O–H groups in total. The highest BCUT2D eigenvalue weighted by atomic mass is 16.3. The smallest absolute Gasteiger partial charge is 0.284 e. The van der Waals surface area contributed by atoms with Gasteiger partial charge in [-0.15, -0.1) is 0 Å². The van der Waals surface area contributed by atoms with Crippen LogP contribution in [-0.4, -0.2) is 24.0 Å². The standard InChI is InChI=1S/C12H13N3O2/c13-12(16)10-7-8-9(17-10)3-4-11(14-8)15-5-1-2-6-15/h3-4,7H,1-2,5-6H2,(H2,13,16). The number of nitrogens with two attached hydrogens (primary N) is 1. The van der Waals surface area contributed by atoms with Gasteiger partial charge in [-0.3, -0.25) is 4.79 Å². The van der Waals surface area contributed by atoms with Crippen molar-refractivity contribution in [3.05, 3.63) is 24.0 Å². The lowest BCUT2D eigenvalue weighted by molar-refractivity contribution is 0.0976. The minimum atomic E-state index is -0.564. The number of nitrogens with zero attached hydrogens (tertiary/aromatic N) is 2. The highest BCUT2D eigenvalue weighted by Gasteiger charge is 2.15. The van der Waals surface area contributed by atoms with Crippen LogP contribution in [0.15, 0.2) is 22.6 Å². The maximum absolute atomic E-state index is 11.0. The Morgan fingerprint density at radius 3 is 2.82 bits per heavy atom. The first-order chi connectivity index (χ1) is 8.24. The predicted molar refractivity (Wildman–Crippen MR) is 64.0 cm³/mol. The van der Waals surface area contributed by atoms with Gasteiger partial charge in [0.05, 0.1) is 0 Å². The minimum absolute atomic E-state index is 0.158. The molecule has 0 unspecified atom stereocenters. The van der Waals surface area contributed by atoms with E-state index in [1.165, 1.54) is 12.8 Å². The summed E-state index contributed by atoms with van der Waals surface area (Å²) in [6.07, 6.45) is 2.41. The summed E-state index contributed by atoms with van der Waals surface area (Å²) in [6, 6.07) is 5.35. The highest BCUT2D eigenvalue weighted by molar-refractivity contribution is 5.94. The fourth-order valence-electron chi connectivity index (χ4n) is 2.16. The summed E-state index contributed by atoms with van der Waals surface area (Å²) in [5.74, 6) is 0.531. The number of primary amides is 1. The first-order valence-corrected chi connectivity index (χ1v) is 5.69.